The van der Waals surface area contributed by atoms with Gasteiger partial charge in [-0.2, -0.15) is 0 Å². The monoisotopic (exact) mass is 269 g/mol. The number of likely N-dealkylation sites (tertiary alicyclic amines) is 1. The van der Waals surface area contributed by atoms with E-state index < -0.39 is 11.4 Å². The van der Waals surface area contributed by atoms with E-state index in [-0.39, 0.29) is 0 Å². The number of hydrogen-bond donors (Lipinski definition) is 1. The minimum atomic E-state index is -0.584. The van der Waals surface area contributed by atoms with Gasteiger partial charge in [-0.05, 0) is 32.6 Å². The Morgan fingerprint density at radius 1 is 1.26 bits per heavy atom. The van der Waals surface area contributed by atoms with Gasteiger partial charge in [0.2, 0.25) is 0 Å². The SMILES string of the molecule is CCOC1CCN(CC2(C(=O)O)CCCCC2)CC1. The van der Waals surface area contributed by atoms with Gasteiger partial charge in [-0.15, -0.1) is 0 Å². The van der Waals surface area contributed by atoms with Crippen LogP contribution in [0.1, 0.15) is 51.9 Å². The fourth-order valence-corrected chi connectivity index (χ4v) is 3.57. The Bertz CT molecular complexity index is 292. The van der Waals surface area contributed by atoms with E-state index in [1.807, 2.05) is 6.92 Å². The molecule has 2 fully saturated rings. The number of carboxylic acid groups (broad SMARTS) is 1. The molecular weight excluding hydrogens is 242 g/mol. The molecule has 0 unspecified atom stereocenters. The first-order valence-corrected chi connectivity index (χ1v) is 7.74. The largest absolute Gasteiger partial charge is 0.481 e. The van der Waals surface area contributed by atoms with Crippen LogP contribution in [-0.2, 0) is 9.53 Å². The molecule has 0 bridgehead atoms. The summed E-state index contributed by atoms with van der Waals surface area (Å²) >= 11 is 0. The van der Waals surface area contributed by atoms with Crippen molar-refractivity contribution in [3.63, 3.8) is 0 Å². The molecule has 0 aromatic heterocycles. The predicted octanol–water partition coefficient (Wildman–Crippen LogP) is 2.52. The van der Waals surface area contributed by atoms with Gasteiger partial charge in [0.15, 0.2) is 0 Å². The normalized spacial score (nSPS) is 25.3. The third kappa shape index (κ3) is 3.69. The minimum Gasteiger partial charge on any atom is -0.481 e. The Labute approximate surface area is 116 Å². The number of nitrogens with zero attached hydrogens (tertiary/aromatic N) is 1. The summed E-state index contributed by atoms with van der Waals surface area (Å²) in [6, 6.07) is 0. The van der Waals surface area contributed by atoms with Crippen molar-refractivity contribution < 1.29 is 14.6 Å². The molecule has 0 spiro atoms. The molecule has 4 heteroatoms. The van der Waals surface area contributed by atoms with E-state index >= 15 is 0 Å². The lowest BCUT2D eigenvalue weighted by molar-refractivity contribution is -0.153. The summed E-state index contributed by atoms with van der Waals surface area (Å²) in [7, 11) is 0. The molecule has 19 heavy (non-hydrogen) atoms. The molecule has 1 aliphatic carbocycles. The first-order chi connectivity index (χ1) is 9.16. The van der Waals surface area contributed by atoms with Gasteiger partial charge in [0.25, 0.3) is 0 Å². The number of carbonyl (C=O) groups is 1. The maximum absolute atomic E-state index is 11.7. The van der Waals surface area contributed by atoms with Crippen molar-refractivity contribution in [2.24, 2.45) is 5.41 Å². The van der Waals surface area contributed by atoms with Gasteiger partial charge in [0.05, 0.1) is 11.5 Å². The molecule has 1 heterocycles. The van der Waals surface area contributed by atoms with Gasteiger partial charge >= 0.3 is 5.97 Å². The average Bonchev–Trinajstić information content (AvgIpc) is 2.42. The van der Waals surface area contributed by atoms with Gasteiger partial charge in [-0.25, -0.2) is 0 Å². The lowest BCUT2D eigenvalue weighted by Gasteiger charge is -2.40. The molecule has 1 saturated carbocycles. The number of aliphatic carboxylic acids is 1. The van der Waals surface area contributed by atoms with Crippen LogP contribution in [0.2, 0.25) is 0 Å². The summed E-state index contributed by atoms with van der Waals surface area (Å²) in [5.41, 5.74) is -0.475. The number of carboxylic acids is 1. The van der Waals surface area contributed by atoms with Gasteiger partial charge in [-0.1, -0.05) is 19.3 Å². The third-order valence-corrected chi connectivity index (χ3v) is 4.73. The van der Waals surface area contributed by atoms with Crippen LogP contribution >= 0.6 is 0 Å². The van der Waals surface area contributed by atoms with Crippen molar-refractivity contribution in [2.75, 3.05) is 26.2 Å². The highest BCUT2D eigenvalue weighted by Gasteiger charge is 2.41. The topological polar surface area (TPSA) is 49.8 Å². The quantitative estimate of drug-likeness (QED) is 0.833. The zero-order chi connectivity index (χ0) is 13.7. The Morgan fingerprint density at radius 2 is 1.89 bits per heavy atom. The van der Waals surface area contributed by atoms with Crippen LogP contribution in [0.3, 0.4) is 0 Å². The molecule has 4 nitrogen and oxygen atoms in total. The van der Waals surface area contributed by atoms with Crippen molar-refractivity contribution in [1.29, 1.82) is 0 Å². The van der Waals surface area contributed by atoms with Crippen molar-refractivity contribution in [3.05, 3.63) is 0 Å². The number of ether oxygens (including phenoxy) is 1. The Morgan fingerprint density at radius 3 is 2.42 bits per heavy atom. The fraction of sp³-hybridized carbons (Fsp3) is 0.933. The van der Waals surface area contributed by atoms with Gasteiger partial charge in [0, 0.05) is 26.2 Å². The lowest BCUT2D eigenvalue weighted by Crippen LogP contribution is -2.47. The predicted molar refractivity (Wildman–Crippen MR) is 74.2 cm³/mol. The highest BCUT2D eigenvalue weighted by atomic mass is 16.5. The number of rotatable bonds is 5. The molecule has 0 atom stereocenters. The first kappa shape index (κ1) is 14.8. The highest BCUT2D eigenvalue weighted by Crippen LogP contribution is 2.38. The molecule has 0 radical (unpaired) electrons. The number of hydrogen-bond acceptors (Lipinski definition) is 3. The Balaban J connectivity index is 1.87. The summed E-state index contributed by atoms with van der Waals surface area (Å²) in [6.45, 7) is 5.53. The second-order valence-corrected chi connectivity index (χ2v) is 6.08. The van der Waals surface area contributed by atoms with Crippen molar-refractivity contribution >= 4 is 5.97 Å². The van der Waals surface area contributed by atoms with Crippen LogP contribution in [0, 0.1) is 5.41 Å². The maximum atomic E-state index is 11.7. The van der Waals surface area contributed by atoms with Crippen LogP contribution in [0.5, 0.6) is 0 Å². The van der Waals surface area contributed by atoms with E-state index in [0.29, 0.717) is 6.10 Å². The molecule has 0 aromatic rings. The molecule has 1 saturated heterocycles. The van der Waals surface area contributed by atoms with Gasteiger partial charge in [-0.3, -0.25) is 4.79 Å². The molecule has 110 valence electrons. The Kier molecular flexibility index (Phi) is 5.22. The fourth-order valence-electron chi connectivity index (χ4n) is 3.57. The lowest BCUT2D eigenvalue weighted by atomic mass is 9.73. The highest BCUT2D eigenvalue weighted by molar-refractivity contribution is 5.75. The summed E-state index contributed by atoms with van der Waals surface area (Å²) < 4.78 is 5.65. The average molecular weight is 269 g/mol. The molecule has 0 aromatic carbocycles. The van der Waals surface area contributed by atoms with Crippen LogP contribution in [-0.4, -0.2) is 48.3 Å². The van der Waals surface area contributed by atoms with Gasteiger partial charge in [0.1, 0.15) is 0 Å². The summed E-state index contributed by atoms with van der Waals surface area (Å²) in [6.07, 6.45) is 7.52. The van der Waals surface area contributed by atoms with E-state index in [1.165, 1.54) is 6.42 Å². The van der Waals surface area contributed by atoms with Crippen LogP contribution in [0.25, 0.3) is 0 Å². The van der Waals surface area contributed by atoms with Crippen LogP contribution < -0.4 is 0 Å². The van der Waals surface area contributed by atoms with Crippen molar-refractivity contribution in [3.8, 4) is 0 Å². The Hall–Kier alpha value is -0.610. The standard InChI is InChI=1S/C15H27NO3/c1-2-19-13-6-10-16(11-7-13)12-15(14(17)18)8-4-3-5-9-15/h13H,2-12H2,1H3,(H,17,18). The molecule has 2 rings (SSSR count). The van der Waals surface area contributed by atoms with Gasteiger partial charge < -0.3 is 14.7 Å². The minimum absolute atomic E-state index is 0.383. The smallest absolute Gasteiger partial charge is 0.310 e. The molecular formula is C15H27NO3. The second kappa shape index (κ2) is 6.71. The van der Waals surface area contributed by atoms with E-state index in [2.05, 4.69) is 4.90 Å². The van der Waals surface area contributed by atoms with Crippen LogP contribution in [0.15, 0.2) is 0 Å². The molecule has 1 N–H and O–H groups in total. The van der Waals surface area contributed by atoms with E-state index in [4.69, 9.17) is 4.74 Å². The second-order valence-electron chi connectivity index (χ2n) is 6.08. The van der Waals surface area contributed by atoms with Crippen molar-refractivity contribution in [2.45, 2.75) is 58.0 Å². The van der Waals surface area contributed by atoms with E-state index in [9.17, 15) is 9.90 Å². The molecule has 0 amide bonds. The first-order valence-electron chi connectivity index (χ1n) is 7.74. The summed E-state index contributed by atoms with van der Waals surface area (Å²) in [4.78, 5) is 14.0. The molecule has 1 aliphatic heterocycles. The summed E-state index contributed by atoms with van der Waals surface area (Å²) in [5.74, 6) is -0.584. The van der Waals surface area contributed by atoms with E-state index in [1.54, 1.807) is 0 Å². The zero-order valence-electron chi connectivity index (χ0n) is 12.1. The zero-order valence-corrected chi connectivity index (χ0v) is 12.1. The molecule has 2 aliphatic rings. The third-order valence-electron chi connectivity index (χ3n) is 4.73. The number of piperidine rings is 1. The van der Waals surface area contributed by atoms with Crippen molar-refractivity contribution in [1.82, 2.24) is 4.90 Å². The summed E-state index contributed by atoms with van der Waals surface area (Å²) in [5, 5.41) is 9.60. The van der Waals surface area contributed by atoms with Crippen LogP contribution in [0.4, 0.5) is 0 Å². The van der Waals surface area contributed by atoms with E-state index in [0.717, 1.165) is 64.8 Å². The maximum Gasteiger partial charge on any atom is 0.310 e.